The minimum absolute atomic E-state index is 0.384. The molecule has 0 amide bonds. The van der Waals surface area contributed by atoms with Gasteiger partial charge in [-0.05, 0) is 82.8 Å². The minimum atomic E-state index is 0.384. The van der Waals surface area contributed by atoms with Crippen LogP contribution < -0.4 is 4.74 Å². The van der Waals surface area contributed by atoms with Gasteiger partial charge < -0.3 is 4.74 Å². The monoisotopic (exact) mass is 447 g/mol. The van der Waals surface area contributed by atoms with Gasteiger partial charge in [0, 0.05) is 16.2 Å². The third-order valence-corrected chi connectivity index (χ3v) is 6.56. The standard InChI is InChI=1S/C22H26INO/c1-25-20-11-12-21-17(15-20)13-14-24(19-5-3-2-4-6-19)22(21)16-7-9-18(23)10-8-16/h7-12,15,19,22H,2-6,13-14H2,1H3. The fourth-order valence-corrected chi connectivity index (χ4v) is 4.93. The summed E-state index contributed by atoms with van der Waals surface area (Å²) in [6.07, 6.45) is 8.01. The highest BCUT2D eigenvalue weighted by Crippen LogP contribution is 2.40. The second-order valence-electron chi connectivity index (χ2n) is 7.30. The lowest BCUT2D eigenvalue weighted by Crippen LogP contribution is -2.44. The molecular weight excluding hydrogens is 421 g/mol. The molecule has 0 radical (unpaired) electrons. The van der Waals surface area contributed by atoms with Gasteiger partial charge in [0.25, 0.3) is 0 Å². The van der Waals surface area contributed by atoms with Crippen molar-refractivity contribution < 1.29 is 4.74 Å². The van der Waals surface area contributed by atoms with E-state index in [1.165, 1.54) is 52.4 Å². The molecule has 0 N–H and O–H groups in total. The Bertz CT molecular complexity index is 721. The van der Waals surface area contributed by atoms with E-state index < -0.39 is 0 Å². The highest BCUT2D eigenvalue weighted by atomic mass is 127. The fourth-order valence-electron chi connectivity index (χ4n) is 4.57. The van der Waals surface area contributed by atoms with Gasteiger partial charge in [-0.15, -0.1) is 0 Å². The van der Waals surface area contributed by atoms with Gasteiger partial charge >= 0.3 is 0 Å². The average Bonchev–Trinajstić information content (AvgIpc) is 2.68. The maximum Gasteiger partial charge on any atom is 0.119 e. The summed E-state index contributed by atoms with van der Waals surface area (Å²) in [5.41, 5.74) is 4.35. The van der Waals surface area contributed by atoms with Crippen LogP contribution in [0.3, 0.4) is 0 Å². The maximum absolute atomic E-state index is 5.47. The minimum Gasteiger partial charge on any atom is -0.497 e. The summed E-state index contributed by atoms with van der Waals surface area (Å²) < 4.78 is 6.77. The number of fused-ring (bicyclic) bond motifs is 1. The van der Waals surface area contributed by atoms with E-state index in [0.717, 1.165) is 24.8 Å². The van der Waals surface area contributed by atoms with Gasteiger partial charge in [-0.2, -0.15) is 0 Å². The van der Waals surface area contributed by atoms with Crippen molar-refractivity contribution in [2.24, 2.45) is 0 Å². The number of halogens is 1. The molecular formula is C22H26INO. The Labute approximate surface area is 164 Å². The van der Waals surface area contributed by atoms with E-state index >= 15 is 0 Å². The zero-order valence-electron chi connectivity index (χ0n) is 14.9. The summed E-state index contributed by atoms with van der Waals surface area (Å²) in [7, 11) is 1.76. The molecule has 0 bridgehead atoms. The molecule has 3 heteroatoms. The zero-order valence-corrected chi connectivity index (χ0v) is 17.0. The van der Waals surface area contributed by atoms with Gasteiger partial charge in [0.05, 0.1) is 13.2 Å². The van der Waals surface area contributed by atoms with Gasteiger partial charge in [-0.3, -0.25) is 4.90 Å². The summed E-state index contributed by atoms with van der Waals surface area (Å²) >= 11 is 2.40. The molecule has 2 nitrogen and oxygen atoms in total. The van der Waals surface area contributed by atoms with Crippen molar-refractivity contribution in [3.05, 3.63) is 62.7 Å². The molecule has 1 unspecified atom stereocenters. The number of hydrogen-bond acceptors (Lipinski definition) is 2. The largest absolute Gasteiger partial charge is 0.497 e. The first kappa shape index (κ1) is 17.3. The Morgan fingerprint density at radius 2 is 1.76 bits per heavy atom. The molecule has 1 aliphatic carbocycles. The molecule has 0 spiro atoms. The van der Waals surface area contributed by atoms with Crippen LogP contribution in [0.5, 0.6) is 5.75 Å². The lowest BCUT2D eigenvalue weighted by Gasteiger charge is -2.44. The molecule has 1 aliphatic heterocycles. The predicted molar refractivity (Wildman–Crippen MR) is 111 cm³/mol. The highest BCUT2D eigenvalue weighted by molar-refractivity contribution is 14.1. The van der Waals surface area contributed by atoms with Crippen LogP contribution in [0.2, 0.25) is 0 Å². The van der Waals surface area contributed by atoms with E-state index in [0.29, 0.717) is 6.04 Å². The summed E-state index contributed by atoms with van der Waals surface area (Å²) in [5, 5.41) is 0. The van der Waals surface area contributed by atoms with Gasteiger partial charge in [0.1, 0.15) is 5.75 Å². The first-order valence-electron chi connectivity index (χ1n) is 9.44. The summed E-state index contributed by atoms with van der Waals surface area (Å²) in [6.45, 7) is 1.15. The quantitative estimate of drug-likeness (QED) is 0.570. The Morgan fingerprint density at radius 1 is 1.00 bits per heavy atom. The van der Waals surface area contributed by atoms with Crippen LogP contribution in [0.15, 0.2) is 42.5 Å². The number of rotatable bonds is 3. The number of benzene rings is 2. The predicted octanol–water partition coefficient (Wildman–Crippen LogP) is 5.58. The second-order valence-corrected chi connectivity index (χ2v) is 8.54. The molecule has 132 valence electrons. The topological polar surface area (TPSA) is 12.5 Å². The lowest BCUT2D eigenvalue weighted by atomic mass is 9.84. The van der Waals surface area contributed by atoms with Gasteiger partial charge in [-0.1, -0.05) is 37.5 Å². The molecule has 2 aromatic carbocycles. The Morgan fingerprint density at radius 3 is 2.48 bits per heavy atom. The van der Waals surface area contributed by atoms with Crippen molar-refractivity contribution in [3.8, 4) is 5.75 Å². The van der Waals surface area contributed by atoms with Gasteiger partial charge in [0.2, 0.25) is 0 Å². The molecule has 2 aliphatic rings. The van der Waals surface area contributed by atoms with Gasteiger partial charge in [0.15, 0.2) is 0 Å². The van der Waals surface area contributed by atoms with Crippen LogP contribution in [-0.4, -0.2) is 24.6 Å². The van der Waals surface area contributed by atoms with E-state index in [1.54, 1.807) is 7.11 Å². The third-order valence-electron chi connectivity index (χ3n) is 5.85. The van der Waals surface area contributed by atoms with Crippen molar-refractivity contribution in [3.63, 3.8) is 0 Å². The summed E-state index contributed by atoms with van der Waals surface area (Å²) in [6, 6.07) is 16.9. The fraction of sp³-hybridized carbons (Fsp3) is 0.455. The van der Waals surface area contributed by atoms with E-state index in [2.05, 4.69) is 70.0 Å². The highest BCUT2D eigenvalue weighted by Gasteiger charge is 2.34. The number of ether oxygens (including phenoxy) is 1. The van der Waals surface area contributed by atoms with Crippen LogP contribution in [0.25, 0.3) is 0 Å². The summed E-state index contributed by atoms with van der Waals surface area (Å²) in [4.78, 5) is 2.79. The van der Waals surface area contributed by atoms with E-state index in [4.69, 9.17) is 4.74 Å². The normalized spacial score (nSPS) is 21.8. The SMILES string of the molecule is COc1ccc2c(c1)CCN(C1CCCCC1)C2c1ccc(I)cc1. The van der Waals surface area contributed by atoms with Crippen molar-refractivity contribution in [1.82, 2.24) is 4.90 Å². The van der Waals surface area contributed by atoms with Gasteiger partial charge in [-0.25, -0.2) is 0 Å². The Kier molecular flexibility index (Phi) is 5.32. The van der Waals surface area contributed by atoms with E-state index in [9.17, 15) is 0 Å². The summed E-state index contributed by atoms with van der Waals surface area (Å²) in [5.74, 6) is 0.978. The molecule has 4 rings (SSSR count). The van der Waals surface area contributed by atoms with Crippen LogP contribution >= 0.6 is 22.6 Å². The molecule has 0 aromatic heterocycles. The third kappa shape index (κ3) is 3.59. The molecule has 2 aromatic rings. The molecule has 1 fully saturated rings. The Hall–Kier alpha value is -1.07. The van der Waals surface area contributed by atoms with Crippen LogP contribution in [0, 0.1) is 3.57 Å². The molecule has 1 heterocycles. The average molecular weight is 447 g/mol. The maximum atomic E-state index is 5.47. The first-order chi connectivity index (χ1) is 12.3. The van der Waals surface area contributed by atoms with E-state index in [1.807, 2.05) is 0 Å². The van der Waals surface area contributed by atoms with Crippen molar-refractivity contribution in [2.45, 2.75) is 50.6 Å². The first-order valence-corrected chi connectivity index (χ1v) is 10.5. The molecule has 1 saturated carbocycles. The van der Waals surface area contributed by atoms with Crippen molar-refractivity contribution in [1.29, 1.82) is 0 Å². The second kappa shape index (κ2) is 7.67. The molecule has 25 heavy (non-hydrogen) atoms. The lowest BCUT2D eigenvalue weighted by molar-refractivity contribution is 0.114. The smallest absolute Gasteiger partial charge is 0.119 e. The van der Waals surface area contributed by atoms with Crippen LogP contribution in [-0.2, 0) is 6.42 Å². The number of hydrogen-bond donors (Lipinski definition) is 0. The van der Waals surface area contributed by atoms with Crippen LogP contribution in [0.1, 0.15) is 54.8 Å². The number of methoxy groups -OCH3 is 1. The van der Waals surface area contributed by atoms with Crippen molar-refractivity contribution >= 4 is 22.6 Å². The van der Waals surface area contributed by atoms with Crippen molar-refractivity contribution in [2.75, 3.05) is 13.7 Å². The molecule has 1 atom stereocenters. The Balaban J connectivity index is 1.75. The zero-order chi connectivity index (χ0) is 17.2. The molecule has 0 saturated heterocycles. The van der Waals surface area contributed by atoms with E-state index in [-0.39, 0.29) is 0 Å². The van der Waals surface area contributed by atoms with Crippen LogP contribution in [0.4, 0.5) is 0 Å². The number of nitrogens with zero attached hydrogens (tertiary/aromatic N) is 1.